The predicted molar refractivity (Wildman–Crippen MR) is 143 cm³/mol. The van der Waals surface area contributed by atoms with Crippen molar-refractivity contribution in [3.8, 4) is 0 Å². The Morgan fingerprint density at radius 3 is 2.09 bits per heavy atom. The zero-order chi connectivity index (χ0) is 26.3. The van der Waals surface area contributed by atoms with Gasteiger partial charge in [0.2, 0.25) is 11.8 Å². The predicted octanol–water partition coefficient (Wildman–Crippen LogP) is 4.21. The highest BCUT2D eigenvalue weighted by molar-refractivity contribution is 5.91. The molecule has 0 fully saturated rings. The van der Waals surface area contributed by atoms with E-state index in [2.05, 4.69) is 42.3 Å². The van der Waals surface area contributed by atoms with E-state index < -0.39 is 22.9 Å². The van der Waals surface area contributed by atoms with Crippen LogP contribution in [0.5, 0.6) is 0 Å². The van der Waals surface area contributed by atoms with Gasteiger partial charge in [0, 0.05) is 12.5 Å². The fourth-order valence-corrected chi connectivity index (χ4v) is 4.35. The van der Waals surface area contributed by atoms with Crippen LogP contribution in [0, 0.1) is 11.3 Å². The molecule has 1 unspecified atom stereocenters. The van der Waals surface area contributed by atoms with Crippen LogP contribution in [0.4, 0.5) is 0 Å². The topological polar surface area (TPSA) is 73.8 Å². The number of carbonyl (C=O) groups is 2. The average molecular weight is 471 g/mol. The fraction of sp³-hybridized carbons (Fsp3) is 0.607. The summed E-state index contributed by atoms with van der Waals surface area (Å²) in [5.41, 5.74) is 1.16. The molecule has 0 bridgehead atoms. The second kappa shape index (κ2) is 12.3. The second-order valence-electron chi connectivity index (χ2n) is 11.2. The molecule has 1 aromatic rings. The van der Waals surface area contributed by atoms with Crippen LogP contribution in [0.2, 0.25) is 0 Å². The third-order valence-corrected chi connectivity index (χ3v) is 6.48. The maximum Gasteiger partial charge on any atom is 0.245 e. The molecule has 0 saturated heterocycles. The summed E-state index contributed by atoms with van der Waals surface area (Å²) in [4.78, 5) is 33.0. The summed E-state index contributed by atoms with van der Waals surface area (Å²) in [7, 11) is 3.59. The molecule has 1 rings (SSSR count). The van der Waals surface area contributed by atoms with Crippen LogP contribution >= 0.6 is 0 Å². The van der Waals surface area contributed by atoms with Crippen LogP contribution in [0.3, 0.4) is 0 Å². The lowest BCUT2D eigenvalue weighted by Crippen LogP contribution is -2.61. The van der Waals surface area contributed by atoms with E-state index in [1.165, 1.54) is 0 Å². The highest BCUT2D eigenvalue weighted by Crippen LogP contribution is 2.29. The van der Waals surface area contributed by atoms with E-state index >= 15 is 0 Å². The number of hydrogen-bond donors (Lipinski definition) is 2. The zero-order valence-electron chi connectivity index (χ0n) is 22.9. The third kappa shape index (κ3) is 7.52. The van der Waals surface area contributed by atoms with E-state index in [1.807, 2.05) is 78.9 Å². The minimum Gasteiger partial charge on any atom is -0.342 e. The van der Waals surface area contributed by atoms with Gasteiger partial charge in [0.25, 0.3) is 0 Å². The summed E-state index contributed by atoms with van der Waals surface area (Å²) in [5, 5.41) is 6.28. The molecule has 34 heavy (non-hydrogen) atoms. The molecule has 3 atom stereocenters. The van der Waals surface area contributed by atoms with E-state index in [4.69, 9.17) is 0 Å². The van der Waals surface area contributed by atoms with Gasteiger partial charge in [-0.2, -0.15) is 0 Å². The van der Waals surface area contributed by atoms with Crippen LogP contribution in [0.1, 0.15) is 61.0 Å². The number of amides is 2. The number of aliphatic imine (C=N–C) groups is 1. The van der Waals surface area contributed by atoms with Gasteiger partial charge in [0.15, 0.2) is 0 Å². The van der Waals surface area contributed by atoms with E-state index in [9.17, 15) is 9.59 Å². The normalized spacial score (nSPS) is 15.4. The molecule has 0 heterocycles. The van der Waals surface area contributed by atoms with Crippen molar-refractivity contribution in [2.24, 2.45) is 16.3 Å². The number of carbonyl (C=O) groups excluding carboxylic acids is 2. The van der Waals surface area contributed by atoms with Gasteiger partial charge in [-0.3, -0.25) is 14.6 Å². The van der Waals surface area contributed by atoms with Crippen molar-refractivity contribution in [2.75, 3.05) is 20.6 Å². The molecule has 0 saturated carbocycles. The van der Waals surface area contributed by atoms with Crippen molar-refractivity contribution in [3.63, 3.8) is 0 Å². The Morgan fingerprint density at radius 1 is 1.09 bits per heavy atom. The average Bonchev–Trinajstić information content (AvgIpc) is 2.75. The van der Waals surface area contributed by atoms with Gasteiger partial charge in [-0.05, 0) is 37.6 Å². The van der Waals surface area contributed by atoms with Crippen LogP contribution < -0.4 is 10.6 Å². The molecule has 6 nitrogen and oxygen atoms in total. The smallest absolute Gasteiger partial charge is 0.245 e. The molecule has 0 spiro atoms. The molecule has 0 aliphatic rings. The van der Waals surface area contributed by atoms with E-state index in [-0.39, 0.29) is 23.8 Å². The van der Waals surface area contributed by atoms with E-state index in [1.54, 1.807) is 11.9 Å². The van der Waals surface area contributed by atoms with Crippen molar-refractivity contribution >= 4 is 18.5 Å². The zero-order valence-corrected chi connectivity index (χ0v) is 22.9. The SMILES string of the molecule is C=NC/C(C)=C/[C@H](C(C)C)N(C)C(=O)C(NC(=O)[C@@H](NC)C(C)(C)c1ccccc1)C(C)(C)C. The number of rotatable bonds is 11. The molecule has 0 radical (unpaired) electrons. The Kier molecular flexibility index (Phi) is 10.7. The van der Waals surface area contributed by atoms with E-state index in [0.29, 0.717) is 6.54 Å². The first kappa shape index (κ1) is 29.6. The van der Waals surface area contributed by atoms with Gasteiger partial charge < -0.3 is 15.5 Å². The molecular formula is C28H46N4O2. The van der Waals surface area contributed by atoms with Crippen LogP contribution in [-0.2, 0) is 15.0 Å². The van der Waals surface area contributed by atoms with Gasteiger partial charge >= 0.3 is 0 Å². The van der Waals surface area contributed by atoms with Crippen molar-refractivity contribution in [1.82, 2.24) is 15.5 Å². The first-order valence-electron chi connectivity index (χ1n) is 12.1. The maximum atomic E-state index is 13.8. The summed E-state index contributed by atoms with van der Waals surface area (Å²) >= 11 is 0. The summed E-state index contributed by atoms with van der Waals surface area (Å²) in [6, 6.07) is 8.65. The first-order valence-corrected chi connectivity index (χ1v) is 12.1. The minimum absolute atomic E-state index is 0.109. The summed E-state index contributed by atoms with van der Waals surface area (Å²) in [5.74, 6) is -0.101. The number of nitrogens with one attached hydrogen (secondary N) is 2. The van der Waals surface area contributed by atoms with Crippen LogP contribution in [0.15, 0.2) is 47.0 Å². The first-order chi connectivity index (χ1) is 15.7. The van der Waals surface area contributed by atoms with Crippen molar-refractivity contribution in [1.29, 1.82) is 0 Å². The molecule has 0 aromatic heterocycles. The van der Waals surface area contributed by atoms with Crippen molar-refractivity contribution < 1.29 is 9.59 Å². The Morgan fingerprint density at radius 2 is 1.65 bits per heavy atom. The lowest BCUT2D eigenvalue weighted by Gasteiger charge is -2.40. The Labute approximate surface area is 207 Å². The maximum absolute atomic E-state index is 13.8. The number of nitrogens with zero attached hydrogens (tertiary/aromatic N) is 2. The van der Waals surface area contributed by atoms with Crippen molar-refractivity contribution in [2.45, 2.75) is 78.9 Å². The third-order valence-electron chi connectivity index (χ3n) is 6.48. The molecular weight excluding hydrogens is 424 g/mol. The van der Waals surface area contributed by atoms with Gasteiger partial charge in [0.05, 0.1) is 18.6 Å². The van der Waals surface area contributed by atoms with E-state index in [0.717, 1.165) is 11.1 Å². The number of likely N-dealkylation sites (N-methyl/N-ethyl adjacent to an activating group) is 2. The number of hydrogen-bond acceptors (Lipinski definition) is 4. The standard InChI is InChI=1S/C28H46N4O2/c1-19(2)22(17-20(3)18-29-9)32(11)26(34)24(27(4,5)6)31-25(33)23(30-10)28(7,8)21-15-13-12-14-16-21/h12-17,19,22-24,30H,9,18H2,1-8,10-11H3,(H,31,33)/b20-17+/t22-,23-,24?/m1/s1. The lowest BCUT2D eigenvalue weighted by molar-refractivity contribution is -0.140. The highest BCUT2D eigenvalue weighted by atomic mass is 16.2. The quantitative estimate of drug-likeness (QED) is 0.376. The Hall–Kier alpha value is -2.47. The molecule has 6 heteroatoms. The van der Waals surface area contributed by atoms with Gasteiger partial charge in [0.1, 0.15) is 6.04 Å². The second-order valence-corrected chi connectivity index (χ2v) is 11.2. The van der Waals surface area contributed by atoms with Gasteiger partial charge in [-0.1, -0.05) is 90.4 Å². The van der Waals surface area contributed by atoms with Crippen LogP contribution in [0.25, 0.3) is 0 Å². The monoisotopic (exact) mass is 470 g/mol. The molecule has 1 aromatic carbocycles. The van der Waals surface area contributed by atoms with Crippen LogP contribution in [-0.4, -0.2) is 62.2 Å². The summed E-state index contributed by atoms with van der Waals surface area (Å²) in [6.45, 7) is 20.3. The summed E-state index contributed by atoms with van der Waals surface area (Å²) in [6.07, 6.45) is 2.08. The van der Waals surface area contributed by atoms with Crippen molar-refractivity contribution in [3.05, 3.63) is 47.5 Å². The molecule has 2 amide bonds. The minimum atomic E-state index is -0.681. The summed E-state index contributed by atoms with van der Waals surface area (Å²) < 4.78 is 0. The fourth-order valence-electron chi connectivity index (χ4n) is 4.35. The Balaban J connectivity index is 3.26. The number of benzene rings is 1. The van der Waals surface area contributed by atoms with Gasteiger partial charge in [-0.15, -0.1) is 0 Å². The highest BCUT2D eigenvalue weighted by Gasteiger charge is 2.41. The Bertz CT molecular complexity index is 853. The molecule has 190 valence electrons. The molecule has 0 aliphatic carbocycles. The van der Waals surface area contributed by atoms with Gasteiger partial charge in [-0.25, -0.2) is 0 Å². The lowest BCUT2D eigenvalue weighted by atomic mass is 9.76. The largest absolute Gasteiger partial charge is 0.342 e. The molecule has 2 N–H and O–H groups in total. The molecule has 0 aliphatic heterocycles.